The van der Waals surface area contributed by atoms with Crippen molar-refractivity contribution in [3.05, 3.63) is 95.3 Å². The number of nitrogens with zero attached hydrogens (tertiary/aromatic N) is 3. The lowest BCUT2D eigenvalue weighted by Gasteiger charge is -2.38. The monoisotopic (exact) mass is 442 g/mol. The number of thioether (sulfide) groups is 1. The van der Waals surface area contributed by atoms with Crippen LogP contribution in [0.1, 0.15) is 29.5 Å². The largest absolute Gasteiger partial charge is 0.330 e. The van der Waals surface area contributed by atoms with Gasteiger partial charge in [0.05, 0.1) is 5.69 Å². The summed E-state index contributed by atoms with van der Waals surface area (Å²) >= 11 is 1.32. The highest BCUT2D eigenvalue weighted by Gasteiger charge is 2.47. The Morgan fingerprint density at radius 3 is 2.61 bits per heavy atom. The average Bonchev–Trinajstić information content (AvgIpc) is 3.20. The molecule has 0 bridgehead atoms. The Labute approximate surface area is 183 Å². The first-order valence-electron chi connectivity index (χ1n) is 9.87. The third-order valence-corrected chi connectivity index (χ3v) is 6.60. The van der Waals surface area contributed by atoms with Crippen molar-refractivity contribution < 1.29 is 13.2 Å². The molecule has 2 heterocycles. The lowest BCUT2D eigenvalue weighted by Crippen LogP contribution is -2.38. The number of pyridine rings is 1. The molecule has 0 fully saturated rings. The smallest absolute Gasteiger partial charge is 0.139 e. The van der Waals surface area contributed by atoms with Gasteiger partial charge < -0.3 is 5.73 Å². The lowest BCUT2D eigenvalue weighted by atomic mass is 9.99. The van der Waals surface area contributed by atoms with Crippen LogP contribution in [0.15, 0.2) is 72.1 Å². The minimum absolute atomic E-state index is 0.0661. The second-order valence-electron chi connectivity index (χ2n) is 7.12. The van der Waals surface area contributed by atoms with Gasteiger partial charge in [0.15, 0.2) is 0 Å². The van der Waals surface area contributed by atoms with Gasteiger partial charge in [-0.05, 0) is 49.2 Å². The second kappa shape index (κ2) is 9.11. The fourth-order valence-electron chi connectivity index (χ4n) is 3.67. The molecule has 8 heteroatoms. The Balaban J connectivity index is 1.93. The van der Waals surface area contributed by atoms with Crippen LogP contribution < -0.4 is 10.7 Å². The van der Waals surface area contributed by atoms with E-state index in [0.29, 0.717) is 35.7 Å². The van der Waals surface area contributed by atoms with Gasteiger partial charge in [-0.25, -0.2) is 18.2 Å². The van der Waals surface area contributed by atoms with Gasteiger partial charge in [-0.2, -0.15) is 5.10 Å². The summed E-state index contributed by atoms with van der Waals surface area (Å²) in [6.07, 6.45) is 4.24. The number of aromatic nitrogens is 1. The number of rotatable bonds is 7. The summed E-state index contributed by atoms with van der Waals surface area (Å²) in [5.74, 6) is -1.13. The van der Waals surface area contributed by atoms with E-state index in [1.807, 2.05) is 30.3 Å². The van der Waals surface area contributed by atoms with Crippen molar-refractivity contribution in [1.82, 2.24) is 4.98 Å². The molecule has 1 aromatic heterocycles. The van der Waals surface area contributed by atoms with Crippen molar-refractivity contribution in [1.29, 1.82) is 0 Å². The molecule has 2 aromatic carbocycles. The first-order valence-corrected chi connectivity index (χ1v) is 10.7. The fraction of sp³-hybridized carbons (Fsp3) is 0.217. The number of anilines is 1. The van der Waals surface area contributed by atoms with Gasteiger partial charge in [-0.15, -0.1) is 0 Å². The van der Waals surface area contributed by atoms with E-state index in [1.54, 1.807) is 17.3 Å². The molecule has 2 N–H and O–H groups in total. The molecule has 3 aromatic rings. The molecule has 160 valence electrons. The highest BCUT2D eigenvalue weighted by atomic mass is 32.2. The number of hydrogen-bond acceptors (Lipinski definition) is 5. The van der Waals surface area contributed by atoms with Crippen LogP contribution in [-0.4, -0.2) is 16.6 Å². The van der Waals surface area contributed by atoms with Crippen LogP contribution in [0.4, 0.5) is 18.9 Å². The van der Waals surface area contributed by atoms with E-state index in [9.17, 15) is 13.2 Å². The molecule has 4 nitrogen and oxygen atoms in total. The molecule has 1 atom stereocenters. The Bertz CT molecular complexity index is 1090. The van der Waals surface area contributed by atoms with Crippen LogP contribution in [0.25, 0.3) is 0 Å². The summed E-state index contributed by atoms with van der Waals surface area (Å²) in [5.41, 5.74) is 7.69. The predicted octanol–water partition coefficient (Wildman–Crippen LogP) is 5.34. The summed E-state index contributed by atoms with van der Waals surface area (Å²) in [5, 5.41) is 6.72. The van der Waals surface area contributed by atoms with Crippen molar-refractivity contribution in [3.8, 4) is 0 Å². The maximum absolute atomic E-state index is 14.6. The minimum Gasteiger partial charge on any atom is -0.330 e. The van der Waals surface area contributed by atoms with E-state index < -0.39 is 23.2 Å². The Hall–Kier alpha value is -2.84. The van der Waals surface area contributed by atoms with Gasteiger partial charge in [0.1, 0.15) is 28.2 Å². The molecule has 0 aliphatic carbocycles. The molecule has 31 heavy (non-hydrogen) atoms. The summed E-state index contributed by atoms with van der Waals surface area (Å²) in [6.45, 7) is -0.287. The predicted molar refractivity (Wildman–Crippen MR) is 118 cm³/mol. The molecule has 1 unspecified atom stereocenters. The zero-order chi connectivity index (χ0) is 21.8. The standard InChI is InChI=1S/C23H21F3N4S/c24-14-16-15-28-12-9-21(16)30-23(10-4-11-27,17-5-2-1-3-6-17)31-22(29-30)19-13-18(25)7-8-20(19)26/h1-3,5-9,12-13,15H,4,10-11,14,27H2. The minimum atomic E-state index is -0.806. The van der Waals surface area contributed by atoms with E-state index in [2.05, 4.69) is 4.98 Å². The van der Waals surface area contributed by atoms with Crippen molar-refractivity contribution >= 4 is 22.5 Å². The van der Waals surface area contributed by atoms with Crippen LogP contribution in [-0.2, 0) is 11.5 Å². The zero-order valence-electron chi connectivity index (χ0n) is 16.6. The van der Waals surface area contributed by atoms with Gasteiger partial charge >= 0.3 is 0 Å². The maximum Gasteiger partial charge on any atom is 0.139 e. The number of benzene rings is 2. The summed E-state index contributed by atoms with van der Waals surface area (Å²) in [4.78, 5) is 3.22. The zero-order valence-corrected chi connectivity index (χ0v) is 17.5. The molecular formula is C23H21F3N4S. The van der Waals surface area contributed by atoms with Gasteiger partial charge in [-0.3, -0.25) is 4.98 Å². The maximum atomic E-state index is 14.6. The highest BCUT2D eigenvalue weighted by molar-refractivity contribution is 8.15. The van der Waals surface area contributed by atoms with E-state index in [1.165, 1.54) is 18.0 Å². The normalized spacial score (nSPS) is 18.3. The van der Waals surface area contributed by atoms with E-state index >= 15 is 0 Å². The molecule has 0 amide bonds. The van der Waals surface area contributed by atoms with E-state index in [4.69, 9.17) is 10.8 Å². The van der Waals surface area contributed by atoms with Crippen molar-refractivity contribution in [3.63, 3.8) is 0 Å². The number of halogens is 3. The van der Waals surface area contributed by atoms with Crippen LogP contribution in [0.5, 0.6) is 0 Å². The quantitative estimate of drug-likeness (QED) is 0.537. The third-order valence-electron chi connectivity index (χ3n) is 5.15. The van der Waals surface area contributed by atoms with Crippen molar-refractivity contribution in [2.45, 2.75) is 24.4 Å². The summed E-state index contributed by atoms with van der Waals surface area (Å²) in [7, 11) is 0. The molecule has 0 saturated heterocycles. The summed E-state index contributed by atoms with van der Waals surface area (Å²) in [6, 6.07) is 14.6. The van der Waals surface area contributed by atoms with Gasteiger partial charge in [0.25, 0.3) is 0 Å². The Kier molecular flexibility index (Phi) is 6.29. The molecule has 0 spiro atoms. The average molecular weight is 443 g/mol. The van der Waals surface area contributed by atoms with Crippen LogP contribution in [0.2, 0.25) is 0 Å². The molecule has 1 aliphatic rings. The van der Waals surface area contributed by atoms with Crippen LogP contribution >= 0.6 is 11.8 Å². The van der Waals surface area contributed by atoms with Crippen LogP contribution in [0.3, 0.4) is 0 Å². The first kappa shape index (κ1) is 21.4. The molecular weight excluding hydrogens is 421 g/mol. The number of hydrogen-bond donors (Lipinski definition) is 1. The number of nitrogens with two attached hydrogens (primary N) is 1. The lowest BCUT2D eigenvalue weighted by molar-refractivity contribution is 0.477. The van der Waals surface area contributed by atoms with Gasteiger partial charge in [-0.1, -0.05) is 42.1 Å². The number of hydrazone groups is 1. The molecule has 4 rings (SSSR count). The fourth-order valence-corrected chi connectivity index (χ4v) is 5.10. The molecule has 0 saturated carbocycles. The van der Waals surface area contributed by atoms with Gasteiger partial charge in [0.2, 0.25) is 0 Å². The van der Waals surface area contributed by atoms with E-state index in [-0.39, 0.29) is 5.56 Å². The SMILES string of the molecule is NCCCC1(c2ccccc2)SC(c2cc(F)ccc2F)=NN1c1ccncc1CF. The Morgan fingerprint density at radius 1 is 1.06 bits per heavy atom. The molecule has 0 radical (unpaired) electrons. The van der Waals surface area contributed by atoms with E-state index in [0.717, 1.165) is 23.8 Å². The summed E-state index contributed by atoms with van der Waals surface area (Å²) < 4.78 is 42.4. The van der Waals surface area contributed by atoms with Crippen molar-refractivity contribution in [2.24, 2.45) is 10.8 Å². The second-order valence-corrected chi connectivity index (χ2v) is 8.39. The topological polar surface area (TPSA) is 54.5 Å². The number of alkyl halides is 1. The first-order chi connectivity index (χ1) is 15.1. The molecule has 1 aliphatic heterocycles. The van der Waals surface area contributed by atoms with Gasteiger partial charge in [0, 0.05) is 23.5 Å². The Morgan fingerprint density at radius 2 is 1.87 bits per heavy atom. The van der Waals surface area contributed by atoms with Crippen LogP contribution in [0, 0.1) is 11.6 Å². The third kappa shape index (κ3) is 4.05. The van der Waals surface area contributed by atoms with Crippen molar-refractivity contribution in [2.75, 3.05) is 11.6 Å². The highest BCUT2D eigenvalue weighted by Crippen LogP contribution is 2.52.